The van der Waals surface area contributed by atoms with Crippen molar-refractivity contribution in [2.75, 3.05) is 13.6 Å². The molecule has 3 aromatic carbocycles. The standard InChI is InChI=1S/C22H23FN2O/c1-16(19-12-7-10-17-8-3-5-11-20(17)19)24-14-22(26)25(2)15-18-9-4-6-13-21(18)23/h3-13,16,24H,14-15H2,1-2H3. The molecule has 0 heterocycles. The molecule has 0 aromatic heterocycles. The van der Waals surface area contributed by atoms with Crippen LogP contribution in [0.3, 0.4) is 0 Å². The molecular weight excluding hydrogens is 327 g/mol. The molecule has 0 bridgehead atoms. The lowest BCUT2D eigenvalue weighted by molar-refractivity contribution is -0.129. The van der Waals surface area contributed by atoms with Gasteiger partial charge in [-0.15, -0.1) is 0 Å². The van der Waals surface area contributed by atoms with Gasteiger partial charge in [0, 0.05) is 25.2 Å². The number of nitrogens with zero attached hydrogens (tertiary/aromatic N) is 1. The number of carbonyl (C=O) groups excluding carboxylic acids is 1. The molecule has 26 heavy (non-hydrogen) atoms. The number of amides is 1. The Balaban J connectivity index is 1.62. The van der Waals surface area contributed by atoms with E-state index in [4.69, 9.17) is 0 Å². The summed E-state index contributed by atoms with van der Waals surface area (Å²) in [7, 11) is 1.69. The molecule has 1 atom stereocenters. The van der Waals surface area contributed by atoms with Gasteiger partial charge in [0.15, 0.2) is 0 Å². The van der Waals surface area contributed by atoms with E-state index in [0.717, 1.165) is 5.56 Å². The lowest BCUT2D eigenvalue weighted by Crippen LogP contribution is -2.36. The number of benzene rings is 3. The first kappa shape index (κ1) is 18.1. The maximum Gasteiger partial charge on any atom is 0.236 e. The van der Waals surface area contributed by atoms with Gasteiger partial charge in [-0.1, -0.05) is 60.7 Å². The second-order valence-corrected chi connectivity index (χ2v) is 6.51. The first-order valence-electron chi connectivity index (χ1n) is 8.74. The molecule has 0 saturated heterocycles. The number of hydrogen-bond donors (Lipinski definition) is 1. The maximum absolute atomic E-state index is 13.7. The van der Waals surface area contributed by atoms with E-state index < -0.39 is 0 Å². The molecule has 1 unspecified atom stereocenters. The average Bonchev–Trinajstić information content (AvgIpc) is 2.67. The molecule has 0 aliphatic rings. The molecule has 4 heteroatoms. The van der Waals surface area contributed by atoms with Gasteiger partial charge in [-0.05, 0) is 29.3 Å². The van der Waals surface area contributed by atoms with Crippen LogP contribution in [-0.4, -0.2) is 24.4 Å². The van der Waals surface area contributed by atoms with Crippen LogP contribution >= 0.6 is 0 Å². The van der Waals surface area contributed by atoms with Gasteiger partial charge in [-0.2, -0.15) is 0 Å². The van der Waals surface area contributed by atoms with Crippen LogP contribution in [0, 0.1) is 5.82 Å². The van der Waals surface area contributed by atoms with Crippen molar-refractivity contribution < 1.29 is 9.18 Å². The number of rotatable bonds is 6. The summed E-state index contributed by atoms with van der Waals surface area (Å²) in [5.74, 6) is -0.357. The quantitative estimate of drug-likeness (QED) is 0.719. The Labute approximate surface area is 153 Å². The first-order chi connectivity index (χ1) is 12.6. The molecular formula is C22H23FN2O. The van der Waals surface area contributed by atoms with Crippen molar-refractivity contribution in [3.05, 3.63) is 83.7 Å². The van der Waals surface area contributed by atoms with Crippen molar-refractivity contribution in [2.45, 2.75) is 19.5 Å². The van der Waals surface area contributed by atoms with Crippen LogP contribution < -0.4 is 5.32 Å². The third-order valence-electron chi connectivity index (χ3n) is 4.64. The van der Waals surface area contributed by atoms with E-state index in [9.17, 15) is 9.18 Å². The summed E-state index contributed by atoms with van der Waals surface area (Å²) in [5, 5.41) is 5.65. The number of carbonyl (C=O) groups is 1. The maximum atomic E-state index is 13.7. The normalized spacial score (nSPS) is 12.1. The predicted molar refractivity (Wildman–Crippen MR) is 103 cm³/mol. The molecule has 0 aliphatic carbocycles. The minimum Gasteiger partial charge on any atom is -0.340 e. The summed E-state index contributed by atoms with van der Waals surface area (Å²) < 4.78 is 13.7. The van der Waals surface area contributed by atoms with E-state index in [1.165, 1.54) is 16.8 Å². The third-order valence-corrected chi connectivity index (χ3v) is 4.64. The van der Waals surface area contributed by atoms with Crippen molar-refractivity contribution in [1.82, 2.24) is 10.2 Å². The number of halogens is 1. The van der Waals surface area contributed by atoms with Gasteiger partial charge in [-0.3, -0.25) is 4.79 Å². The van der Waals surface area contributed by atoms with Crippen LogP contribution in [0.25, 0.3) is 10.8 Å². The predicted octanol–water partition coefficient (Wildman–Crippen LogP) is 4.29. The molecule has 1 amide bonds. The summed E-state index contributed by atoms with van der Waals surface area (Å²) in [5.41, 5.74) is 1.68. The molecule has 1 N–H and O–H groups in total. The van der Waals surface area contributed by atoms with Gasteiger partial charge in [0.25, 0.3) is 0 Å². The van der Waals surface area contributed by atoms with Crippen molar-refractivity contribution in [3.8, 4) is 0 Å². The van der Waals surface area contributed by atoms with Gasteiger partial charge < -0.3 is 10.2 Å². The zero-order valence-corrected chi connectivity index (χ0v) is 15.1. The molecule has 134 valence electrons. The lowest BCUT2D eigenvalue weighted by Gasteiger charge is -2.21. The smallest absolute Gasteiger partial charge is 0.236 e. The SMILES string of the molecule is CC(NCC(=O)N(C)Cc1ccccc1F)c1cccc2ccccc12. The average molecular weight is 350 g/mol. The molecule has 0 spiro atoms. The topological polar surface area (TPSA) is 32.3 Å². The van der Waals surface area contributed by atoms with Crippen LogP contribution in [0.2, 0.25) is 0 Å². The highest BCUT2D eigenvalue weighted by Gasteiger charge is 2.14. The van der Waals surface area contributed by atoms with Gasteiger partial charge in [-0.25, -0.2) is 4.39 Å². The van der Waals surface area contributed by atoms with E-state index in [1.54, 1.807) is 30.1 Å². The molecule has 3 aromatic rings. The molecule has 0 aliphatic heterocycles. The van der Waals surface area contributed by atoms with Crippen LogP contribution in [-0.2, 0) is 11.3 Å². The number of nitrogens with one attached hydrogen (secondary N) is 1. The highest BCUT2D eigenvalue weighted by atomic mass is 19.1. The summed E-state index contributed by atoms with van der Waals surface area (Å²) in [4.78, 5) is 13.9. The van der Waals surface area contributed by atoms with Gasteiger partial charge >= 0.3 is 0 Å². The van der Waals surface area contributed by atoms with Crippen LogP contribution in [0.1, 0.15) is 24.1 Å². The summed E-state index contributed by atoms with van der Waals surface area (Å²) >= 11 is 0. The van der Waals surface area contributed by atoms with E-state index in [0.29, 0.717) is 5.56 Å². The van der Waals surface area contributed by atoms with E-state index in [1.807, 2.05) is 25.1 Å². The Morgan fingerprint density at radius 3 is 2.54 bits per heavy atom. The molecule has 3 rings (SSSR count). The zero-order valence-electron chi connectivity index (χ0n) is 15.1. The van der Waals surface area contributed by atoms with Gasteiger partial charge in [0.05, 0.1) is 6.54 Å². The highest BCUT2D eigenvalue weighted by Crippen LogP contribution is 2.23. The second kappa shape index (κ2) is 8.11. The van der Waals surface area contributed by atoms with Gasteiger partial charge in [0.2, 0.25) is 5.91 Å². The fraction of sp³-hybridized carbons (Fsp3) is 0.227. The van der Waals surface area contributed by atoms with Crippen LogP contribution in [0.5, 0.6) is 0 Å². The van der Waals surface area contributed by atoms with Crippen molar-refractivity contribution in [3.63, 3.8) is 0 Å². The first-order valence-corrected chi connectivity index (χ1v) is 8.74. The van der Waals surface area contributed by atoms with E-state index in [2.05, 4.69) is 29.6 Å². The van der Waals surface area contributed by atoms with Crippen LogP contribution in [0.4, 0.5) is 4.39 Å². The minimum absolute atomic E-state index is 0.0342. The molecule has 0 saturated carbocycles. The summed E-state index contributed by atoms with van der Waals surface area (Å²) in [6.07, 6.45) is 0. The molecule has 3 nitrogen and oxygen atoms in total. The summed E-state index contributed by atoms with van der Waals surface area (Å²) in [6.45, 7) is 2.51. The van der Waals surface area contributed by atoms with Crippen LogP contribution in [0.15, 0.2) is 66.7 Å². The van der Waals surface area contributed by atoms with E-state index >= 15 is 0 Å². The second-order valence-electron chi connectivity index (χ2n) is 6.51. The minimum atomic E-state index is -0.288. The number of hydrogen-bond acceptors (Lipinski definition) is 2. The molecule has 0 fully saturated rings. The number of fused-ring (bicyclic) bond motifs is 1. The zero-order chi connectivity index (χ0) is 18.5. The Morgan fingerprint density at radius 2 is 1.73 bits per heavy atom. The van der Waals surface area contributed by atoms with Crippen molar-refractivity contribution >= 4 is 16.7 Å². The Hall–Kier alpha value is -2.72. The van der Waals surface area contributed by atoms with Crippen molar-refractivity contribution in [2.24, 2.45) is 0 Å². The summed E-state index contributed by atoms with van der Waals surface area (Å²) in [6, 6.07) is 21.0. The fourth-order valence-corrected chi connectivity index (χ4v) is 3.08. The Bertz CT molecular complexity index is 904. The third kappa shape index (κ3) is 4.09. The lowest BCUT2D eigenvalue weighted by atomic mass is 10.00. The monoisotopic (exact) mass is 350 g/mol. The fourth-order valence-electron chi connectivity index (χ4n) is 3.08. The number of likely N-dealkylation sites (N-methyl/N-ethyl adjacent to an activating group) is 1. The van der Waals surface area contributed by atoms with Gasteiger partial charge in [0.1, 0.15) is 5.82 Å². The van der Waals surface area contributed by atoms with Crippen molar-refractivity contribution in [1.29, 1.82) is 0 Å². The Morgan fingerprint density at radius 1 is 1.04 bits per heavy atom. The van der Waals surface area contributed by atoms with E-state index in [-0.39, 0.29) is 30.9 Å². The largest absolute Gasteiger partial charge is 0.340 e. The molecule has 0 radical (unpaired) electrons. The Kier molecular flexibility index (Phi) is 5.64. The highest BCUT2D eigenvalue weighted by molar-refractivity contribution is 5.86.